The average molecular weight is 385 g/mol. The van der Waals surface area contributed by atoms with E-state index in [9.17, 15) is 4.39 Å². The number of hydrogen-bond acceptors (Lipinski definition) is 3. The van der Waals surface area contributed by atoms with E-state index in [1.165, 1.54) is 6.07 Å². The molecule has 1 heterocycles. The zero-order chi connectivity index (χ0) is 13.2. The molecular weight excluding hydrogens is 376 g/mol. The molecule has 3 rings (SSSR count). The molecule has 0 bridgehead atoms. The Bertz CT molecular complexity index is 729. The van der Waals surface area contributed by atoms with Gasteiger partial charge in [0.25, 0.3) is 0 Å². The van der Waals surface area contributed by atoms with Gasteiger partial charge >= 0.3 is 124 Å². The van der Waals surface area contributed by atoms with E-state index < -0.39 is 0 Å². The minimum atomic E-state index is -0.222. The van der Waals surface area contributed by atoms with Crippen molar-refractivity contribution in [3.05, 3.63) is 52.3 Å². The zero-order valence-corrected chi connectivity index (χ0v) is 13.0. The summed E-state index contributed by atoms with van der Waals surface area (Å²) in [4.78, 5) is 0. The molecule has 0 aliphatic rings. The van der Waals surface area contributed by atoms with Crippen molar-refractivity contribution in [2.75, 3.05) is 5.32 Å². The third-order valence-corrected chi connectivity index (χ3v) is 4.40. The quantitative estimate of drug-likeness (QED) is 0.704. The SMILES string of the molecule is Fc1cc(Br)ccc1CNc1cccc2n[se]nc12. The second kappa shape index (κ2) is 5.41. The van der Waals surface area contributed by atoms with Crippen LogP contribution in [0.1, 0.15) is 5.56 Å². The first kappa shape index (κ1) is 12.8. The van der Waals surface area contributed by atoms with Gasteiger partial charge in [0.15, 0.2) is 0 Å². The molecule has 0 saturated carbocycles. The summed E-state index contributed by atoms with van der Waals surface area (Å²) in [6.45, 7) is 0.429. The number of benzene rings is 2. The number of nitrogens with zero attached hydrogens (tertiary/aromatic N) is 2. The summed E-state index contributed by atoms with van der Waals surface area (Å²) in [6, 6.07) is 10.9. The van der Waals surface area contributed by atoms with Crippen molar-refractivity contribution in [3.63, 3.8) is 0 Å². The Balaban J connectivity index is 1.84. The standard InChI is InChI=1S/C13H9BrFN3Se/c14-9-5-4-8(10(15)6-9)7-16-11-2-1-3-12-13(11)18-19-17-12/h1-6,16H,7H2. The van der Waals surface area contributed by atoms with Crippen molar-refractivity contribution in [1.29, 1.82) is 0 Å². The molecule has 0 saturated heterocycles. The van der Waals surface area contributed by atoms with Crippen molar-refractivity contribution >= 4 is 47.6 Å². The van der Waals surface area contributed by atoms with Crippen molar-refractivity contribution in [3.8, 4) is 0 Å². The second-order valence-corrected chi connectivity index (χ2v) is 6.05. The van der Waals surface area contributed by atoms with Gasteiger partial charge in [-0.15, -0.1) is 0 Å². The van der Waals surface area contributed by atoms with E-state index in [-0.39, 0.29) is 20.8 Å². The van der Waals surface area contributed by atoms with Crippen molar-refractivity contribution in [2.24, 2.45) is 0 Å². The first-order valence-corrected chi connectivity index (χ1v) is 7.95. The van der Waals surface area contributed by atoms with Crippen LogP contribution in [0.2, 0.25) is 0 Å². The number of hydrogen-bond donors (Lipinski definition) is 1. The number of halogens is 2. The van der Waals surface area contributed by atoms with Crippen LogP contribution in [0.4, 0.5) is 10.1 Å². The van der Waals surface area contributed by atoms with Crippen LogP contribution in [0.3, 0.4) is 0 Å². The Hall–Kier alpha value is -1.23. The van der Waals surface area contributed by atoms with Gasteiger partial charge in [-0.1, -0.05) is 0 Å². The normalized spacial score (nSPS) is 10.8. The molecule has 19 heavy (non-hydrogen) atoms. The molecule has 1 aromatic heterocycles. The van der Waals surface area contributed by atoms with Gasteiger partial charge in [0.2, 0.25) is 0 Å². The Morgan fingerprint density at radius 1 is 1.21 bits per heavy atom. The predicted octanol–water partition coefficient (Wildman–Crippen LogP) is 3.20. The van der Waals surface area contributed by atoms with Gasteiger partial charge < -0.3 is 0 Å². The third kappa shape index (κ3) is 2.71. The topological polar surface area (TPSA) is 37.8 Å². The summed E-state index contributed by atoms with van der Waals surface area (Å²) in [5.41, 5.74) is 3.34. The van der Waals surface area contributed by atoms with Gasteiger partial charge in [-0.3, -0.25) is 0 Å². The molecule has 0 aliphatic carbocycles. The summed E-state index contributed by atoms with van der Waals surface area (Å²) in [5.74, 6) is -0.222. The summed E-state index contributed by atoms with van der Waals surface area (Å²) < 4.78 is 23.2. The molecule has 0 unspecified atom stereocenters. The van der Waals surface area contributed by atoms with Gasteiger partial charge in [-0.05, 0) is 0 Å². The van der Waals surface area contributed by atoms with Gasteiger partial charge in [-0.2, -0.15) is 0 Å². The van der Waals surface area contributed by atoms with Gasteiger partial charge in [0, 0.05) is 0 Å². The molecule has 0 aliphatic heterocycles. The van der Waals surface area contributed by atoms with Crippen LogP contribution in [0.25, 0.3) is 11.0 Å². The second-order valence-electron chi connectivity index (χ2n) is 4.03. The fraction of sp³-hybridized carbons (Fsp3) is 0.0769. The van der Waals surface area contributed by atoms with Gasteiger partial charge in [-0.25, -0.2) is 0 Å². The van der Waals surface area contributed by atoms with Crippen LogP contribution in [0.5, 0.6) is 0 Å². The Labute approximate surface area is 124 Å². The predicted molar refractivity (Wildman–Crippen MR) is 77.9 cm³/mol. The Morgan fingerprint density at radius 3 is 2.95 bits per heavy atom. The Morgan fingerprint density at radius 2 is 2.11 bits per heavy atom. The van der Waals surface area contributed by atoms with E-state index >= 15 is 0 Å². The van der Waals surface area contributed by atoms with Gasteiger partial charge in [0.1, 0.15) is 0 Å². The molecule has 1 N–H and O–H groups in total. The van der Waals surface area contributed by atoms with Crippen molar-refractivity contribution in [2.45, 2.75) is 6.54 Å². The number of rotatable bonds is 3. The van der Waals surface area contributed by atoms with E-state index in [0.717, 1.165) is 21.2 Å². The first-order valence-electron chi connectivity index (χ1n) is 5.63. The summed E-state index contributed by atoms with van der Waals surface area (Å²) >= 11 is 3.19. The fourth-order valence-electron chi connectivity index (χ4n) is 1.80. The summed E-state index contributed by atoms with van der Waals surface area (Å²) in [5, 5.41) is 3.22. The number of anilines is 1. The zero-order valence-electron chi connectivity index (χ0n) is 9.73. The van der Waals surface area contributed by atoms with E-state index in [1.807, 2.05) is 24.3 Å². The van der Waals surface area contributed by atoms with Gasteiger partial charge in [0.05, 0.1) is 0 Å². The van der Waals surface area contributed by atoms with Crippen molar-refractivity contribution < 1.29 is 4.39 Å². The van der Waals surface area contributed by atoms with E-state index in [1.54, 1.807) is 6.07 Å². The number of nitrogens with one attached hydrogen (secondary N) is 1. The molecule has 0 spiro atoms. The van der Waals surface area contributed by atoms with Crippen LogP contribution in [0, 0.1) is 5.82 Å². The van der Waals surface area contributed by atoms with Crippen molar-refractivity contribution in [1.82, 2.24) is 7.96 Å². The fourth-order valence-corrected chi connectivity index (χ4v) is 3.29. The number of aromatic nitrogens is 2. The molecule has 3 aromatic rings. The molecule has 6 heteroatoms. The average Bonchev–Trinajstić information content (AvgIpc) is 2.86. The summed E-state index contributed by atoms with van der Waals surface area (Å²) in [7, 11) is 0. The van der Waals surface area contributed by atoms with Crippen LogP contribution < -0.4 is 5.32 Å². The molecule has 2 aromatic carbocycles. The van der Waals surface area contributed by atoms with Crippen LogP contribution in [-0.2, 0) is 6.54 Å². The molecule has 0 atom stereocenters. The molecule has 0 fully saturated rings. The monoisotopic (exact) mass is 385 g/mol. The number of fused-ring (bicyclic) bond motifs is 1. The maximum atomic E-state index is 13.7. The minimum absolute atomic E-state index is 0.0526. The third-order valence-electron chi connectivity index (χ3n) is 2.77. The van der Waals surface area contributed by atoms with E-state index in [2.05, 4.69) is 29.2 Å². The van der Waals surface area contributed by atoms with Crippen LogP contribution in [0.15, 0.2) is 40.9 Å². The molecule has 96 valence electrons. The molecule has 0 amide bonds. The first-order chi connectivity index (χ1) is 9.24. The Kier molecular flexibility index (Phi) is 3.64. The van der Waals surface area contributed by atoms with Crippen LogP contribution in [-0.4, -0.2) is 22.9 Å². The molecule has 3 nitrogen and oxygen atoms in total. The summed E-state index contributed by atoms with van der Waals surface area (Å²) in [6.07, 6.45) is 0. The maximum absolute atomic E-state index is 13.7. The van der Waals surface area contributed by atoms with Crippen LogP contribution >= 0.6 is 15.9 Å². The molecular formula is C13H9BrFN3Se. The molecule has 0 radical (unpaired) electrons. The van der Waals surface area contributed by atoms with E-state index in [4.69, 9.17) is 0 Å². The van der Waals surface area contributed by atoms with E-state index in [0.29, 0.717) is 12.1 Å².